The van der Waals surface area contributed by atoms with Crippen molar-refractivity contribution < 1.29 is 40.6 Å². The van der Waals surface area contributed by atoms with Gasteiger partial charge in [0.05, 0.1) is 12.1 Å². The molecule has 29 heavy (non-hydrogen) atoms. The number of thiol groups is 1. The van der Waals surface area contributed by atoms with Crippen LogP contribution in [0.25, 0.3) is 0 Å². The van der Waals surface area contributed by atoms with Crippen molar-refractivity contribution in [3.8, 4) is 11.5 Å². The Morgan fingerprint density at radius 2 is 1.52 bits per heavy atom. The van der Waals surface area contributed by atoms with Gasteiger partial charge >= 0.3 is 12.7 Å². The van der Waals surface area contributed by atoms with Crippen molar-refractivity contribution in [1.82, 2.24) is 0 Å². The monoisotopic (exact) mass is 455 g/mol. The molecule has 0 fully saturated rings. The first-order valence-electron chi connectivity index (χ1n) is 7.61. The van der Waals surface area contributed by atoms with E-state index in [1.165, 1.54) is 18.2 Å². The van der Waals surface area contributed by atoms with E-state index in [-0.39, 0.29) is 22.7 Å². The lowest BCUT2D eigenvalue weighted by Gasteiger charge is -2.24. The molecule has 0 N–H and O–H groups in total. The number of carbonyl (C=O) groups excluding carboxylic acids is 1. The van der Waals surface area contributed by atoms with Crippen LogP contribution in [0, 0.1) is 0 Å². The second-order valence-electron chi connectivity index (χ2n) is 5.34. The Hall–Kier alpha value is -2.47. The zero-order valence-electron chi connectivity index (χ0n) is 14.1. The molecule has 0 aliphatic carbocycles. The van der Waals surface area contributed by atoms with E-state index in [1.807, 2.05) is 0 Å². The van der Waals surface area contributed by atoms with Crippen LogP contribution < -0.4 is 14.4 Å². The summed E-state index contributed by atoms with van der Waals surface area (Å²) < 4.78 is 81.7. The van der Waals surface area contributed by atoms with Gasteiger partial charge in [-0.3, -0.25) is 9.69 Å². The maximum atomic E-state index is 12.5. The third kappa shape index (κ3) is 6.82. The predicted octanol–water partition coefficient (Wildman–Crippen LogP) is 5.83. The van der Waals surface area contributed by atoms with Crippen LogP contribution in [0.3, 0.4) is 0 Å². The first-order valence-corrected chi connectivity index (χ1v) is 8.52. The van der Waals surface area contributed by atoms with Gasteiger partial charge in [0.2, 0.25) is 5.91 Å². The Kier molecular flexibility index (Phi) is 7.01. The number of benzene rings is 2. The van der Waals surface area contributed by atoms with Gasteiger partial charge in [-0.15, -0.1) is 39.0 Å². The van der Waals surface area contributed by atoms with E-state index in [0.29, 0.717) is 0 Å². The fourth-order valence-corrected chi connectivity index (χ4v) is 2.65. The average molecular weight is 455 g/mol. The number of amides is 1. The van der Waals surface area contributed by atoms with Crippen LogP contribution >= 0.6 is 24.8 Å². The number of thiocarbonyl (C=S) groups is 1. The van der Waals surface area contributed by atoms with Crippen molar-refractivity contribution in [3.05, 3.63) is 42.5 Å². The van der Waals surface area contributed by atoms with Crippen molar-refractivity contribution in [2.24, 2.45) is 0 Å². The lowest BCUT2D eigenvalue weighted by atomic mass is 10.2. The summed E-state index contributed by atoms with van der Waals surface area (Å²) in [6, 6.07) is 7.62. The Bertz CT molecular complexity index is 884. The van der Waals surface area contributed by atoms with Gasteiger partial charge in [-0.2, -0.15) is 0 Å². The minimum Gasteiger partial charge on any atom is -0.406 e. The van der Waals surface area contributed by atoms with E-state index in [0.717, 1.165) is 34.5 Å². The van der Waals surface area contributed by atoms with Crippen LogP contribution in [0.15, 0.2) is 47.4 Å². The van der Waals surface area contributed by atoms with E-state index in [4.69, 9.17) is 0 Å². The molecule has 0 aliphatic heterocycles. The van der Waals surface area contributed by atoms with E-state index in [9.17, 15) is 31.1 Å². The number of hydrogen-bond donors (Lipinski definition) is 1. The number of halogens is 6. The fourth-order valence-electron chi connectivity index (χ4n) is 2.25. The normalized spacial score (nSPS) is 11.7. The molecule has 2 rings (SSSR count). The molecular formula is C17H11F6NO3S2. The molecule has 0 aliphatic rings. The van der Waals surface area contributed by atoms with Crippen molar-refractivity contribution in [2.45, 2.75) is 24.0 Å². The number of nitrogens with zero attached hydrogens (tertiary/aromatic N) is 1. The maximum Gasteiger partial charge on any atom is 0.573 e. The highest BCUT2D eigenvalue weighted by molar-refractivity contribution is 7.80. The highest BCUT2D eigenvalue weighted by Gasteiger charge is 2.32. The molecular weight excluding hydrogens is 444 g/mol. The van der Waals surface area contributed by atoms with E-state index in [2.05, 4.69) is 34.3 Å². The van der Waals surface area contributed by atoms with Crippen LogP contribution in [-0.2, 0) is 4.79 Å². The molecule has 0 saturated heterocycles. The minimum absolute atomic E-state index is 0.107. The van der Waals surface area contributed by atoms with E-state index < -0.39 is 30.1 Å². The number of carbonyl (C=O) groups is 1. The molecule has 2 aromatic rings. The van der Waals surface area contributed by atoms with Gasteiger partial charge in [0, 0.05) is 10.6 Å². The predicted molar refractivity (Wildman–Crippen MR) is 98.9 cm³/mol. The molecule has 0 heterocycles. The maximum absolute atomic E-state index is 12.5. The highest BCUT2D eigenvalue weighted by Crippen LogP contribution is 2.35. The Labute approximate surface area is 171 Å². The van der Waals surface area contributed by atoms with Gasteiger partial charge in [0.25, 0.3) is 0 Å². The third-order valence-corrected chi connectivity index (χ3v) is 3.78. The summed E-state index contributed by atoms with van der Waals surface area (Å²) in [6.07, 6.45) is -10.0. The van der Waals surface area contributed by atoms with E-state index >= 15 is 0 Å². The lowest BCUT2D eigenvalue weighted by Crippen LogP contribution is -2.26. The van der Waals surface area contributed by atoms with Crippen molar-refractivity contribution in [3.63, 3.8) is 0 Å². The number of anilines is 2. The fraction of sp³-hybridized carbons (Fsp3) is 0.176. The topological polar surface area (TPSA) is 38.8 Å². The van der Waals surface area contributed by atoms with Crippen LogP contribution in [0.4, 0.5) is 37.7 Å². The van der Waals surface area contributed by atoms with Gasteiger partial charge in [-0.05, 0) is 47.8 Å². The smallest absolute Gasteiger partial charge is 0.406 e. The third-order valence-electron chi connectivity index (χ3n) is 3.26. The minimum atomic E-state index is -4.93. The molecule has 2 aromatic carbocycles. The SMILES string of the molecule is O=C(CC=S)N(c1ccc(OC(F)(F)F)cc1)c1ccc(OC(F)(F)F)c(S)c1. The zero-order chi connectivity index (χ0) is 21.8. The molecule has 1 amide bonds. The summed E-state index contributed by atoms with van der Waals surface area (Å²) >= 11 is 8.59. The van der Waals surface area contributed by atoms with Crippen LogP contribution in [0.5, 0.6) is 11.5 Å². The molecule has 0 aromatic heterocycles. The Morgan fingerprint density at radius 1 is 0.966 bits per heavy atom. The number of hydrogen-bond acceptors (Lipinski definition) is 5. The van der Waals surface area contributed by atoms with Crippen LogP contribution in [-0.4, -0.2) is 24.0 Å². The molecule has 0 unspecified atom stereocenters. The first-order chi connectivity index (χ1) is 13.4. The van der Waals surface area contributed by atoms with Gasteiger partial charge in [-0.25, -0.2) is 0 Å². The summed E-state index contributed by atoms with van der Waals surface area (Å²) in [5.41, 5.74) is 0.245. The molecule has 156 valence electrons. The van der Waals surface area contributed by atoms with Crippen molar-refractivity contribution in [2.75, 3.05) is 4.90 Å². The molecule has 4 nitrogen and oxygen atoms in total. The first kappa shape index (κ1) is 22.8. The standard InChI is InChI=1S/C17H11F6NO3S2/c18-16(19,20)26-12-4-1-10(2-5-12)24(15(25)7-8-28)11-3-6-13(14(29)9-11)27-17(21,22)23/h1-6,8-9,29H,7H2. The van der Waals surface area contributed by atoms with Gasteiger partial charge in [0.1, 0.15) is 11.5 Å². The number of alkyl halides is 6. The van der Waals surface area contributed by atoms with Crippen LogP contribution in [0.2, 0.25) is 0 Å². The van der Waals surface area contributed by atoms with E-state index in [1.54, 1.807) is 0 Å². The number of ether oxygens (including phenoxy) is 2. The lowest BCUT2D eigenvalue weighted by molar-refractivity contribution is -0.276. The molecule has 0 atom stereocenters. The quantitative estimate of drug-likeness (QED) is 0.338. The second kappa shape index (κ2) is 8.91. The average Bonchev–Trinajstić information content (AvgIpc) is 2.57. The van der Waals surface area contributed by atoms with Crippen molar-refractivity contribution >= 4 is 47.5 Å². The van der Waals surface area contributed by atoms with Gasteiger partial charge in [-0.1, -0.05) is 12.2 Å². The molecule has 0 bridgehead atoms. The Morgan fingerprint density at radius 3 is 2.00 bits per heavy atom. The molecule has 0 radical (unpaired) electrons. The molecule has 12 heteroatoms. The summed E-state index contributed by atoms with van der Waals surface area (Å²) in [6.45, 7) is 0. The van der Waals surface area contributed by atoms with Crippen molar-refractivity contribution in [1.29, 1.82) is 0 Å². The summed E-state index contributed by atoms with van der Waals surface area (Å²) in [5, 5.41) is 1.14. The highest BCUT2D eigenvalue weighted by atomic mass is 32.1. The summed E-state index contributed by atoms with van der Waals surface area (Å²) in [5.74, 6) is -1.66. The summed E-state index contributed by atoms with van der Waals surface area (Å²) in [7, 11) is 0. The largest absolute Gasteiger partial charge is 0.573 e. The molecule has 0 saturated carbocycles. The molecule has 0 spiro atoms. The van der Waals surface area contributed by atoms with Gasteiger partial charge < -0.3 is 9.47 Å². The summed E-state index contributed by atoms with van der Waals surface area (Å²) in [4.78, 5) is 13.3. The van der Waals surface area contributed by atoms with Gasteiger partial charge in [0.15, 0.2) is 0 Å². The number of rotatable bonds is 6. The second-order valence-corrected chi connectivity index (χ2v) is 6.16. The Balaban J connectivity index is 2.40. The zero-order valence-corrected chi connectivity index (χ0v) is 15.8. The van der Waals surface area contributed by atoms with Crippen LogP contribution in [0.1, 0.15) is 6.42 Å².